The van der Waals surface area contributed by atoms with Crippen LogP contribution < -0.4 is 5.32 Å². The Morgan fingerprint density at radius 1 is 1.09 bits per heavy atom. The lowest BCUT2D eigenvalue weighted by molar-refractivity contribution is -0.143. The molecule has 1 saturated carbocycles. The van der Waals surface area contributed by atoms with Crippen molar-refractivity contribution in [2.75, 3.05) is 19.7 Å². The van der Waals surface area contributed by atoms with Gasteiger partial charge in [0.05, 0.1) is 5.92 Å². The van der Waals surface area contributed by atoms with Crippen molar-refractivity contribution in [2.45, 2.75) is 44.6 Å². The Bertz CT molecular complexity index is 1080. The fourth-order valence-corrected chi connectivity index (χ4v) is 5.58. The molecule has 1 spiro atoms. The number of hydrogen-bond acceptors (Lipinski definition) is 4. The van der Waals surface area contributed by atoms with Gasteiger partial charge in [0.1, 0.15) is 6.61 Å². The molecule has 1 aliphatic heterocycles. The highest BCUT2D eigenvalue weighted by atomic mass is 16.5. The number of carbonyl (C=O) groups is 3. The van der Waals surface area contributed by atoms with E-state index in [1.54, 1.807) is 4.90 Å². The SMILES string of the molecule is CC(CCC(=O)N1CC(C(=O)O)C2(CC2)C1)NC(=O)OCC1c2ccccc2-c2ccccc21. The molecule has 2 unspecified atom stereocenters. The second-order valence-electron chi connectivity index (χ2n) is 9.94. The third-order valence-corrected chi connectivity index (χ3v) is 7.69. The lowest BCUT2D eigenvalue weighted by Crippen LogP contribution is -2.36. The van der Waals surface area contributed by atoms with Gasteiger partial charge in [-0.2, -0.15) is 0 Å². The minimum atomic E-state index is -0.807. The molecule has 1 saturated heterocycles. The van der Waals surface area contributed by atoms with Crippen LogP contribution in [-0.2, 0) is 14.3 Å². The number of likely N-dealkylation sites (tertiary alicyclic amines) is 1. The summed E-state index contributed by atoms with van der Waals surface area (Å²) in [5.74, 6) is -1.30. The molecule has 2 aromatic rings. The van der Waals surface area contributed by atoms with E-state index >= 15 is 0 Å². The summed E-state index contributed by atoms with van der Waals surface area (Å²) < 4.78 is 5.58. The number of carboxylic acid groups (broad SMARTS) is 1. The van der Waals surface area contributed by atoms with Crippen LogP contribution in [0.4, 0.5) is 4.79 Å². The highest BCUT2D eigenvalue weighted by Gasteiger charge is 2.58. The molecular formula is C27H30N2O5. The number of nitrogens with zero attached hydrogens (tertiary/aromatic N) is 1. The molecule has 0 bridgehead atoms. The molecular weight excluding hydrogens is 432 g/mol. The Morgan fingerprint density at radius 3 is 2.26 bits per heavy atom. The van der Waals surface area contributed by atoms with Crippen LogP contribution in [0.15, 0.2) is 48.5 Å². The van der Waals surface area contributed by atoms with Gasteiger partial charge in [-0.05, 0) is 48.4 Å². The average Bonchev–Trinajstić information content (AvgIpc) is 3.37. The quantitative estimate of drug-likeness (QED) is 0.648. The van der Waals surface area contributed by atoms with Gasteiger partial charge < -0.3 is 20.1 Å². The molecule has 2 aliphatic carbocycles. The Kier molecular flexibility index (Phi) is 5.80. The van der Waals surface area contributed by atoms with E-state index in [9.17, 15) is 19.5 Å². The van der Waals surface area contributed by atoms with Crippen LogP contribution in [0.2, 0.25) is 0 Å². The van der Waals surface area contributed by atoms with E-state index in [0.717, 1.165) is 24.0 Å². The van der Waals surface area contributed by atoms with Crippen molar-refractivity contribution in [2.24, 2.45) is 11.3 Å². The second kappa shape index (κ2) is 8.78. The molecule has 2 amide bonds. The average molecular weight is 463 g/mol. The predicted octanol–water partition coefficient (Wildman–Crippen LogP) is 4.02. The summed E-state index contributed by atoms with van der Waals surface area (Å²) in [5.41, 5.74) is 4.48. The monoisotopic (exact) mass is 462 g/mol. The maximum atomic E-state index is 12.6. The van der Waals surface area contributed by atoms with Gasteiger partial charge in [-0.15, -0.1) is 0 Å². The number of rotatable bonds is 7. The van der Waals surface area contributed by atoms with Crippen LogP contribution in [0, 0.1) is 11.3 Å². The first-order valence-electron chi connectivity index (χ1n) is 12.0. The minimum Gasteiger partial charge on any atom is -0.481 e. The Balaban J connectivity index is 1.10. The normalized spacial score (nSPS) is 20.5. The van der Waals surface area contributed by atoms with Gasteiger partial charge in [-0.3, -0.25) is 9.59 Å². The summed E-state index contributed by atoms with van der Waals surface area (Å²) >= 11 is 0. The first-order chi connectivity index (χ1) is 16.4. The molecule has 178 valence electrons. The summed E-state index contributed by atoms with van der Waals surface area (Å²) in [5, 5.41) is 12.3. The van der Waals surface area contributed by atoms with Crippen molar-refractivity contribution in [3.8, 4) is 11.1 Å². The highest BCUT2D eigenvalue weighted by Crippen LogP contribution is 2.56. The van der Waals surface area contributed by atoms with Gasteiger partial charge in [0.2, 0.25) is 5.91 Å². The molecule has 1 heterocycles. The number of carbonyl (C=O) groups excluding carboxylic acids is 2. The number of amides is 2. The molecule has 2 N–H and O–H groups in total. The number of aliphatic carboxylic acids is 1. The summed E-state index contributed by atoms with van der Waals surface area (Å²) in [6, 6.07) is 16.2. The van der Waals surface area contributed by atoms with Gasteiger partial charge in [0.15, 0.2) is 0 Å². The van der Waals surface area contributed by atoms with E-state index in [2.05, 4.69) is 29.6 Å². The maximum absolute atomic E-state index is 12.6. The summed E-state index contributed by atoms with van der Waals surface area (Å²) in [7, 11) is 0. The first kappa shape index (κ1) is 22.4. The number of nitrogens with one attached hydrogen (secondary N) is 1. The van der Waals surface area contributed by atoms with Crippen LogP contribution in [0.1, 0.15) is 49.7 Å². The van der Waals surface area contributed by atoms with Gasteiger partial charge in [-0.25, -0.2) is 4.79 Å². The van der Waals surface area contributed by atoms with Crippen molar-refractivity contribution in [3.63, 3.8) is 0 Å². The van der Waals surface area contributed by atoms with Crippen LogP contribution in [-0.4, -0.2) is 53.7 Å². The molecule has 7 heteroatoms. The molecule has 7 nitrogen and oxygen atoms in total. The van der Waals surface area contributed by atoms with E-state index in [4.69, 9.17) is 4.74 Å². The lowest BCUT2D eigenvalue weighted by Gasteiger charge is -2.19. The largest absolute Gasteiger partial charge is 0.481 e. The van der Waals surface area contributed by atoms with E-state index in [1.165, 1.54) is 11.1 Å². The van der Waals surface area contributed by atoms with E-state index in [1.807, 2.05) is 31.2 Å². The topological polar surface area (TPSA) is 95.9 Å². The summed E-state index contributed by atoms with van der Waals surface area (Å²) in [6.07, 6.45) is 2.02. The molecule has 5 rings (SSSR count). The predicted molar refractivity (Wildman–Crippen MR) is 126 cm³/mol. The smallest absolute Gasteiger partial charge is 0.407 e. The first-order valence-corrected chi connectivity index (χ1v) is 12.0. The Morgan fingerprint density at radius 2 is 1.71 bits per heavy atom. The molecule has 2 atom stereocenters. The zero-order valence-electron chi connectivity index (χ0n) is 19.3. The number of alkyl carbamates (subject to hydrolysis) is 1. The van der Waals surface area contributed by atoms with Gasteiger partial charge in [0.25, 0.3) is 0 Å². The standard InChI is InChI=1S/C27H30N2O5/c1-17(10-11-24(30)29-14-23(25(31)32)27(16-29)12-13-27)28-26(33)34-15-22-20-8-4-2-6-18(20)19-7-3-5-9-21(19)22/h2-9,17,22-23H,10-16H2,1H3,(H,28,33)(H,31,32). The third-order valence-electron chi connectivity index (χ3n) is 7.69. The van der Waals surface area contributed by atoms with Crippen LogP contribution >= 0.6 is 0 Å². The van der Waals surface area contributed by atoms with Crippen molar-refractivity contribution >= 4 is 18.0 Å². The van der Waals surface area contributed by atoms with Gasteiger partial charge >= 0.3 is 12.1 Å². The van der Waals surface area contributed by atoms with Crippen LogP contribution in [0.25, 0.3) is 11.1 Å². The fourth-order valence-electron chi connectivity index (χ4n) is 5.58. The molecule has 0 aromatic heterocycles. The number of hydrogen-bond donors (Lipinski definition) is 2. The van der Waals surface area contributed by atoms with Crippen molar-refractivity contribution in [1.29, 1.82) is 0 Å². The highest BCUT2D eigenvalue weighted by molar-refractivity contribution is 5.80. The number of ether oxygens (including phenoxy) is 1. The van der Waals surface area contributed by atoms with Crippen LogP contribution in [0.3, 0.4) is 0 Å². The third kappa shape index (κ3) is 4.15. The molecule has 2 aromatic carbocycles. The minimum absolute atomic E-state index is 0.00197. The summed E-state index contributed by atoms with van der Waals surface area (Å²) in [6.45, 7) is 2.93. The lowest BCUT2D eigenvalue weighted by atomic mass is 9.93. The van der Waals surface area contributed by atoms with Crippen LogP contribution in [0.5, 0.6) is 0 Å². The second-order valence-corrected chi connectivity index (χ2v) is 9.94. The van der Waals surface area contributed by atoms with E-state index in [-0.39, 0.29) is 36.3 Å². The zero-order chi connectivity index (χ0) is 23.9. The Hall–Kier alpha value is -3.35. The molecule has 34 heavy (non-hydrogen) atoms. The fraction of sp³-hybridized carbons (Fsp3) is 0.444. The number of carboxylic acids is 1. The van der Waals surface area contributed by atoms with Crippen molar-refractivity contribution < 1.29 is 24.2 Å². The van der Waals surface area contributed by atoms with Crippen molar-refractivity contribution in [3.05, 3.63) is 59.7 Å². The number of benzene rings is 2. The van der Waals surface area contributed by atoms with Crippen molar-refractivity contribution in [1.82, 2.24) is 10.2 Å². The van der Waals surface area contributed by atoms with Gasteiger partial charge in [0, 0.05) is 36.9 Å². The van der Waals surface area contributed by atoms with Gasteiger partial charge in [-0.1, -0.05) is 48.5 Å². The summed E-state index contributed by atoms with van der Waals surface area (Å²) in [4.78, 5) is 38.3. The number of fused-ring (bicyclic) bond motifs is 3. The zero-order valence-corrected chi connectivity index (χ0v) is 19.3. The van der Waals surface area contributed by atoms with E-state index < -0.39 is 18.0 Å². The molecule has 2 fully saturated rings. The molecule has 3 aliphatic rings. The maximum Gasteiger partial charge on any atom is 0.407 e. The molecule has 0 radical (unpaired) electrons. The van der Waals surface area contributed by atoms with E-state index in [0.29, 0.717) is 19.5 Å². The Labute approximate surface area is 199 Å².